The Bertz CT molecular complexity index is 341. The van der Waals surface area contributed by atoms with Gasteiger partial charge in [-0.25, -0.2) is 4.79 Å². The van der Waals surface area contributed by atoms with Crippen LogP contribution >= 0.6 is 11.6 Å². The van der Waals surface area contributed by atoms with Crippen LogP contribution in [-0.4, -0.2) is 18.5 Å². The first-order chi connectivity index (χ1) is 7.24. The Labute approximate surface area is 94.5 Å². The second-order valence-electron chi connectivity index (χ2n) is 3.09. The number of hydrogen-bond acceptors (Lipinski definition) is 2. The number of allylic oxidation sites excluding steroid dienone is 1. The van der Waals surface area contributed by atoms with Crippen LogP contribution in [0.3, 0.4) is 0 Å². The highest BCUT2D eigenvalue weighted by molar-refractivity contribution is 6.18. The van der Waals surface area contributed by atoms with E-state index in [0.29, 0.717) is 11.4 Å². The molecule has 0 aliphatic rings. The molecule has 0 atom stereocenters. The van der Waals surface area contributed by atoms with Crippen molar-refractivity contribution in [1.29, 1.82) is 0 Å². The predicted octanol–water partition coefficient (Wildman–Crippen LogP) is 2.95. The van der Waals surface area contributed by atoms with Crippen molar-refractivity contribution in [3.05, 3.63) is 47.5 Å². The van der Waals surface area contributed by atoms with Crippen LogP contribution in [0.15, 0.2) is 36.4 Å². The zero-order chi connectivity index (χ0) is 11.1. The lowest BCUT2D eigenvalue weighted by Gasteiger charge is -2.01. The van der Waals surface area contributed by atoms with Gasteiger partial charge in [0.1, 0.15) is 6.61 Å². The van der Waals surface area contributed by atoms with E-state index in [9.17, 15) is 4.79 Å². The number of aryl methyl sites for hydroxylation is 1. The number of esters is 1. The summed E-state index contributed by atoms with van der Waals surface area (Å²) in [5, 5.41) is 0. The highest BCUT2D eigenvalue weighted by Gasteiger charge is 2.04. The van der Waals surface area contributed by atoms with Crippen LogP contribution in [0.2, 0.25) is 0 Å². The van der Waals surface area contributed by atoms with E-state index in [1.165, 1.54) is 0 Å². The second-order valence-corrected chi connectivity index (χ2v) is 3.40. The van der Waals surface area contributed by atoms with Gasteiger partial charge in [0, 0.05) is 5.88 Å². The van der Waals surface area contributed by atoms with Crippen LogP contribution < -0.4 is 0 Å². The van der Waals surface area contributed by atoms with E-state index >= 15 is 0 Å². The first kappa shape index (κ1) is 11.8. The average Bonchev–Trinajstić information content (AvgIpc) is 2.25. The number of carbonyl (C=O) groups is 1. The zero-order valence-corrected chi connectivity index (χ0v) is 9.33. The average molecular weight is 225 g/mol. The number of ether oxygens (including phenoxy) is 1. The standard InChI is InChI=1S/C12H13ClO2/c1-10-4-6-11(7-5-10)12(14)15-9-3-2-8-13/h2-7H,8-9H2,1H3/b3-2+. The molecule has 0 spiro atoms. The van der Waals surface area contributed by atoms with Gasteiger partial charge in [0.15, 0.2) is 0 Å². The summed E-state index contributed by atoms with van der Waals surface area (Å²) in [5.74, 6) is 0.122. The van der Waals surface area contributed by atoms with Crippen molar-refractivity contribution in [3.8, 4) is 0 Å². The topological polar surface area (TPSA) is 26.3 Å². The summed E-state index contributed by atoms with van der Waals surface area (Å²) in [6.07, 6.45) is 3.46. The van der Waals surface area contributed by atoms with E-state index in [-0.39, 0.29) is 12.6 Å². The normalized spacial score (nSPS) is 10.5. The number of hydrogen-bond donors (Lipinski definition) is 0. The molecular formula is C12H13ClO2. The van der Waals surface area contributed by atoms with Gasteiger partial charge < -0.3 is 4.74 Å². The minimum atomic E-state index is -0.311. The van der Waals surface area contributed by atoms with Crippen LogP contribution in [0.1, 0.15) is 15.9 Å². The predicted molar refractivity (Wildman–Crippen MR) is 61.3 cm³/mol. The summed E-state index contributed by atoms with van der Waals surface area (Å²) in [5.41, 5.74) is 1.69. The molecule has 0 amide bonds. The maximum absolute atomic E-state index is 11.4. The fraction of sp³-hybridized carbons (Fsp3) is 0.250. The minimum absolute atomic E-state index is 0.263. The Kier molecular flexibility index (Phi) is 4.91. The van der Waals surface area contributed by atoms with Crippen molar-refractivity contribution in [2.75, 3.05) is 12.5 Å². The molecule has 0 aromatic heterocycles. The van der Waals surface area contributed by atoms with Crippen molar-refractivity contribution in [2.24, 2.45) is 0 Å². The number of rotatable bonds is 4. The van der Waals surface area contributed by atoms with Crippen molar-refractivity contribution in [3.63, 3.8) is 0 Å². The van der Waals surface area contributed by atoms with Crippen LogP contribution in [0.4, 0.5) is 0 Å². The fourth-order valence-electron chi connectivity index (χ4n) is 1.03. The van der Waals surface area contributed by atoms with Gasteiger partial charge in [-0.15, -0.1) is 11.6 Å². The van der Waals surface area contributed by atoms with Gasteiger partial charge >= 0.3 is 5.97 Å². The van der Waals surface area contributed by atoms with Crippen molar-refractivity contribution >= 4 is 17.6 Å². The van der Waals surface area contributed by atoms with Gasteiger partial charge in [0.2, 0.25) is 0 Å². The minimum Gasteiger partial charge on any atom is -0.458 e. The van der Waals surface area contributed by atoms with Gasteiger partial charge in [0.05, 0.1) is 5.56 Å². The fourth-order valence-corrected chi connectivity index (χ4v) is 1.15. The largest absolute Gasteiger partial charge is 0.458 e. The summed E-state index contributed by atoms with van der Waals surface area (Å²) in [7, 11) is 0. The molecule has 0 saturated heterocycles. The van der Waals surface area contributed by atoms with E-state index in [2.05, 4.69) is 0 Å². The molecular weight excluding hydrogens is 212 g/mol. The van der Waals surface area contributed by atoms with Crippen LogP contribution in [0.25, 0.3) is 0 Å². The molecule has 1 aromatic carbocycles. The lowest BCUT2D eigenvalue weighted by Crippen LogP contribution is -2.04. The number of halogens is 1. The Morgan fingerprint density at radius 2 is 2.00 bits per heavy atom. The monoisotopic (exact) mass is 224 g/mol. The number of carbonyl (C=O) groups excluding carboxylic acids is 1. The van der Waals surface area contributed by atoms with Crippen molar-refractivity contribution in [2.45, 2.75) is 6.92 Å². The first-order valence-electron chi connectivity index (χ1n) is 4.69. The van der Waals surface area contributed by atoms with Crippen molar-refractivity contribution < 1.29 is 9.53 Å². The highest BCUT2D eigenvalue weighted by atomic mass is 35.5. The summed E-state index contributed by atoms with van der Waals surface area (Å²) in [6.45, 7) is 2.23. The van der Waals surface area contributed by atoms with E-state index in [4.69, 9.17) is 16.3 Å². The summed E-state index contributed by atoms with van der Waals surface area (Å²) >= 11 is 5.42. The van der Waals surface area contributed by atoms with Gasteiger partial charge in [-0.05, 0) is 19.1 Å². The van der Waals surface area contributed by atoms with Gasteiger partial charge in [0.25, 0.3) is 0 Å². The molecule has 0 bridgehead atoms. The van der Waals surface area contributed by atoms with Crippen molar-refractivity contribution in [1.82, 2.24) is 0 Å². The third-order valence-corrected chi connectivity index (χ3v) is 2.03. The van der Waals surface area contributed by atoms with E-state index < -0.39 is 0 Å². The van der Waals surface area contributed by atoms with Crippen LogP contribution in [0.5, 0.6) is 0 Å². The molecule has 0 aliphatic carbocycles. The SMILES string of the molecule is Cc1ccc(C(=O)OC/C=C/CCl)cc1. The summed E-state index contributed by atoms with van der Waals surface area (Å²) in [4.78, 5) is 11.4. The van der Waals surface area contributed by atoms with Gasteiger partial charge in [-0.2, -0.15) is 0 Å². The third-order valence-electron chi connectivity index (χ3n) is 1.85. The number of benzene rings is 1. The maximum Gasteiger partial charge on any atom is 0.338 e. The molecule has 80 valence electrons. The van der Waals surface area contributed by atoms with E-state index in [1.54, 1.807) is 24.3 Å². The highest BCUT2D eigenvalue weighted by Crippen LogP contribution is 2.04. The Balaban J connectivity index is 2.47. The molecule has 0 saturated carbocycles. The van der Waals surface area contributed by atoms with Crippen LogP contribution in [0, 0.1) is 6.92 Å². The molecule has 0 heterocycles. The maximum atomic E-state index is 11.4. The van der Waals surface area contributed by atoms with Gasteiger partial charge in [-0.1, -0.05) is 29.8 Å². The number of alkyl halides is 1. The molecule has 0 radical (unpaired) electrons. The molecule has 1 rings (SSSR count). The van der Waals surface area contributed by atoms with Crippen LogP contribution in [-0.2, 0) is 4.74 Å². The van der Waals surface area contributed by atoms with Gasteiger partial charge in [-0.3, -0.25) is 0 Å². The lowest BCUT2D eigenvalue weighted by molar-refractivity contribution is 0.0549. The molecule has 2 nitrogen and oxygen atoms in total. The molecule has 0 fully saturated rings. The van der Waals surface area contributed by atoms with E-state index in [0.717, 1.165) is 5.56 Å². The molecule has 3 heteroatoms. The smallest absolute Gasteiger partial charge is 0.338 e. The molecule has 1 aromatic rings. The van der Waals surface area contributed by atoms with E-state index in [1.807, 2.05) is 19.1 Å². The lowest BCUT2D eigenvalue weighted by atomic mass is 10.1. The molecule has 0 aliphatic heterocycles. The Morgan fingerprint density at radius 3 is 2.60 bits per heavy atom. The third kappa shape index (κ3) is 4.17. The zero-order valence-electron chi connectivity index (χ0n) is 8.57. The molecule has 15 heavy (non-hydrogen) atoms. The first-order valence-corrected chi connectivity index (χ1v) is 5.22. The Hall–Kier alpha value is -1.28. The summed E-state index contributed by atoms with van der Waals surface area (Å²) < 4.78 is 4.99. The Morgan fingerprint density at radius 1 is 1.33 bits per heavy atom. The molecule has 0 unspecified atom stereocenters. The second kappa shape index (κ2) is 6.25. The molecule has 0 N–H and O–H groups in total. The quantitative estimate of drug-likeness (QED) is 0.447. The summed E-state index contributed by atoms with van der Waals surface area (Å²) in [6, 6.07) is 7.27.